The lowest BCUT2D eigenvalue weighted by Gasteiger charge is -2.60. The Morgan fingerprint density at radius 3 is 2.47 bits per heavy atom. The van der Waals surface area contributed by atoms with E-state index in [1.807, 2.05) is 0 Å². The molecule has 0 unspecified atom stereocenters. The Balaban J connectivity index is 1.24. The number of hydrogen-bond donors (Lipinski definition) is 1. The summed E-state index contributed by atoms with van der Waals surface area (Å²) in [5, 5.41) is 8.68. The van der Waals surface area contributed by atoms with Gasteiger partial charge < -0.3 is 19.3 Å². The summed E-state index contributed by atoms with van der Waals surface area (Å²) in [6.45, 7) is 7.63. The molecule has 4 aliphatic rings. The van der Waals surface area contributed by atoms with Crippen LogP contribution in [0.5, 0.6) is 0 Å². The maximum Gasteiger partial charge on any atom is 0.139 e. The quantitative estimate of drug-likeness (QED) is 0.569. The Labute approximate surface area is 182 Å². The second-order valence-corrected chi connectivity index (χ2v) is 10.8. The maximum atomic E-state index is 12.6. The Morgan fingerprint density at radius 2 is 1.67 bits per heavy atom. The highest BCUT2D eigenvalue weighted by Crippen LogP contribution is 2.65. The van der Waals surface area contributed by atoms with Crippen molar-refractivity contribution in [3.05, 3.63) is 0 Å². The average Bonchev–Trinajstić information content (AvgIpc) is 3.05. The summed E-state index contributed by atoms with van der Waals surface area (Å²) in [4.78, 5) is 12.6. The monoisotopic (exact) mass is 422 g/mol. The van der Waals surface area contributed by atoms with Crippen molar-refractivity contribution in [1.29, 1.82) is 0 Å². The number of Topliss-reactive ketones (excluding diaryl/α,β-unsaturated/α-hetero) is 1. The lowest BCUT2D eigenvalue weighted by atomic mass is 9.45. The highest BCUT2D eigenvalue weighted by Gasteiger charge is 2.60. The molecule has 0 aromatic rings. The third kappa shape index (κ3) is 4.24. The molecule has 4 rings (SSSR count). The van der Waals surface area contributed by atoms with Crippen molar-refractivity contribution >= 4 is 5.78 Å². The first kappa shape index (κ1) is 22.7. The van der Waals surface area contributed by atoms with Gasteiger partial charge in [0.1, 0.15) is 5.78 Å². The Hall–Kier alpha value is -0.490. The fourth-order valence-electron chi connectivity index (χ4n) is 7.80. The molecule has 0 aromatic heterocycles. The number of hydrogen-bond acceptors (Lipinski definition) is 5. The first-order valence-corrected chi connectivity index (χ1v) is 12.4. The third-order valence-corrected chi connectivity index (χ3v) is 9.52. The van der Waals surface area contributed by atoms with E-state index < -0.39 is 0 Å². The summed E-state index contributed by atoms with van der Waals surface area (Å²) in [5.74, 6) is 3.55. The molecule has 5 nitrogen and oxygen atoms in total. The van der Waals surface area contributed by atoms with Crippen LogP contribution in [-0.2, 0) is 19.0 Å². The summed E-state index contributed by atoms with van der Waals surface area (Å²) < 4.78 is 17.0. The SMILES string of the molecule is C[C@]12CC[C@H](OCCOCCOCCO)C[C@@H]1CC[C@@H]1[C@@H]2CC[C@]2(C)C(=O)CC[C@@H]12. The highest BCUT2D eigenvalue weighted by molar-refractivity contribution is 5.87. The number of carbonyl (C=O) groups excluding carboxylic acids is 1. The summed E-state index contributed by atoms with van der Waals surface area (Å²) in [7, 11) is 0. The van der Waals surface area contributed by atoms with Crippen LogP contribution in [0.1, 0.15) is 71.6 Å². The molecule has 172 valence electrons. The molecule has 0 heterocycles. The molecule has 0 saturated heterocycles. The molecule has 5 heteroatoms. The fraction of sp³-hybridized carbons (Fsp3) is 0.960. The standard InChI is InChI=1S/C25H42O5/c1-24-9-7-19(30-16-15-29-14-13-28-12-11-26)17-18(24)3-4-20-21-5-6-23(27)25(21,2)10-8-22(20)24/h18-22,26H,3-17H2,1-2H3/t18-,19-,20-,21-,22-,24-,25-/m0/s1. The van der Waals surface area contributed by atoms with E-state index in [-0.39, 0.29) is 12.0 Å². The minimum atomic E-state index is -0.00614. The number of carbonyl (C=O) groups is 1. The van der Waals surface area contributed by atoms with Gasteiger partial charge in [0.15, 0.2) is 0 Å². The molecular weight excluding hydrogens is 380 g/mol. The van der Waals surface area contributed by atoms with Gasteiger partial charge in [-0.2, -0.15) is 0 Å². The van der Waals surface area contributed by atoms with Gasteiger partial charge in [-0.3, -0.25) is 4.79 Å². The molecule has 0 bridgehead atoms. The van der Waals surface area contributed by atoms with Crippen LogP contribution in [0.4, 0.5) is 0 Å². The van der Waals surface area contributed by atoms with E-state index in [0.717, 1.165) is 43.4 Å². The maximum absolute atomic E-state index is 12.6. The number of ketones is 1. The van der Waals surface area contributed by atoms with Gasteiger partial charge in [0.05, 0.1) is 45.7 Å². The van der Waals surface area contributed by atoms with Gasteiger partial charge in [0.25, 0.3) is 0 Å². The van der Waals surface area contributed by atoms with Crippen LogP contribution in [0, 0.1) is 34.5 Å². The molecule has 30 heavy (non-hydrogen) atoms. The number of ether oxygens (including phenoxy) is 3. The molecule has 0 amide bonds. The highest BCUT2D eigenvalue weighted by atomic mass is 16.5. The van der Waals surface area contributed by atoms with Crippen molar-refractivity contribution in [1.82, 2.24) is 0 Å². The first-order chi connectivity index (χ1) is 14.5. The molecular formula is C25H42O5. The van der Waals surface area contributed by atoms with E-state index in [9.17, 15) is 4.79 Å². The van der Waals surface area contributed by atoms with E-state index in [4.69, 9.17) is 19.3 Å². The van der Waals surface area contributed by atoms with E-state index in [0.29, 0.717) is 56.3 Å². The zero-order valence-electron chi connectivity index (χ0n) is 19.1. The summed E-state index contributed by atoms with van der Waals surface area (Å²) >= 11 is 0. The van der Waals surface area contributed by atoms with Crippen molar-refractivity contribution in [2.24, 2.45) is 34.5 Å². The van der Waals surface area contributed by atoms with Crippen LogP contribution in [0.25, 0.3) is 0 Å². The predicted octanol–water partition coefficient (Wildman–Crippen LogP) is 4.01. The van der Waals surface area contributed by atoms with Crippen molar-refractivity contribution < 1.29 is 24.1 Å². The van der Waals surface area contributed by atoms with Crippen LogP contribution in [-0.4, -0.2) is 56.6 Å². The van der Waals surface area contributed by atoms with Gasteiger partial charge in [0, 0.05) is 11.8 Å². The molecule has 4 saturated carbocycles. The zero-order valence-corrected chi connectivity index (χ0v) is 19.1. The first-order valence-electron chi connectivity index (χ1n) is 12.4. The number of fused-ring (bicyclic) bond motifs is 5. The molecule has 0 spiro atoms. The number of rotatable bonds is 9. The van der Waals surface area contributed by atoms with Crippen molar-refractivity contribution in [2.75, 3.05) is 39.6 Å². The van der Waals surface area contributed by atoms with Gasteiger partial charge in [0.2, 0.25) is 0 Å². The number of aliphatic hydroxyl groups is 1. The van der Waals surface area contributed by atoms with Gasteiger partial charge in [-0.25, -0.2) is 0 Å². The molecule has 4 aliphatic carbocycles. The van der Waals surface area contributed by atoms with Gasteiger partial charge >= 0.3 is 0 Å². The largest absolute Gasteiger partial charge is 0.394 e. The third-order valence-electron chi connectivity index (χ3n) is 9.52. The van der Waals surface area contributed by atoms with Gasteiger partial charge in [-0.1, -0.05) is 13.8 Å². The minimum Gasteiger partial charge on any atom is -0.394 e. The lowest BCUT2D eigenvalue weighted by molar-refractivity contribution is -0.146. The van der Waals surface area contributed by atoms with Crippen molar-refractivity contribution in [3.63, 3.8) is 0 Å². The van der Waals surface area contributed by atoms with Crippen LogP contribution in [0.2, 0.25) is 0 Å². The van der Waals surface area contributed by atoms with E-state index in [1.54, 1.807) is 0 Å². The Morgan fingerprint density at radius 1 is 0.900 bits per heavy atom. The summed E-state index contributed by atoms with van der Waals surface area (Å²) in [5.41, 5.74) is 0.435. The topological polar surface area (TPSA) is 65.0 Å². The molecule has 7 atom stereocenters. The van der Waals surface area contributed by atoms with Crippen LogP contribution in [0.3, 0.4) is 0 Å². The van der Waals surface area contributed by atoms with Crippen molar-refractivity contribution in [3.8, 4) is 0 Å². The lowest BCUT2D eigenvalue weighted by Crippen LogP contribution is -2.54. The molecule has 0 aliphatic heterocycles. The number of aliphatic hydroxyl groups excluding tert-OH is 1. The normalized spacial score (nSPS) is 43.2. The van der Waals surface area contributed by atoms with Crippen LogP contribution < -0.4 is 0 Å². The molecule has 1 N–H and O–H groups in total. The second kappa shape index (κ2) is 9.56. The van der Waals surface area contributed by atoms with Crippen molar-refractivity contribution in [2.45, 2.75) is 77.7 Å². The van der Waals surface area contributed by atoms with E-state index >= 15 is 0 Å². The Bertz CT molecular complexity index is 594. The molecule has 0 aromatic carbocycles. The fourth-order valence-corrected chi connectivity index (χ4v) is 7.80. The van der Waals surface area contributed by atoms with E-state index in [2.05, 4.69) is 13.8 Å². The van der Waals surface area contributed by atoms with Gasteiger partial charge in [-0.15, -0.1) is 0 Å². The molecule has 4 fully saturated rings. The smallest absolute Gasteiger partial charge is 0.139 e. The second-order valence-electron chi connectivity index (χ2n) is 10.8. The Kier molecular flexibility index (Phi) is 7.23. The summed E-state index contributed by atoms with van der Waals surface area (Å²) in [6, 6.07) is 0. The average molecular weight is 423 g/mol. The summed E-state index contributed by atoms with van der Waals surface area (Å²) in [6.07, 6.45) is 11.0. The van der Waals surface area contributed by atoms with E-state index in [1.165, 1.54) is 32.1 Å². The predicted molar refractivity (Wildman–Crippen MR) is 115 cm³/mol. The minimum absolute atomic E-state index is 0.00614. The molecule has 0 radical (unpaired) electrons. The van der Waals surface area contributed by atoms with Crippen LogP contribution in [0.15, 0.2) is 0 Å². The van der Waals surface area contributed by atoms with Gasteiger partial charge in [-0.05, 0) is 80.5 Å². The zero-order chi connectivity index (χ0) is 21.2. The van der Waals surface area contributed by atoms with Crippen LogP contribution >= 0.6 is 0 Å².